The summed E-state index contributed by atoms with van der Waals surface area (Å²) in [5, 5.41) is 64.6. The van der Waals surface area contributed by atoms with Gasteiger partial charge >= 0.3 is 5.69 Å². The lowest BCUT2D eigenvalue weighted by Crippen LogP contribution is -2.68. The van der Waals surface area contributed by atoms with Gasteiger partial charge in [-0.15, -0.1) is 0 Å². The Hall–Kier alpha value is -4.55. The lowest BCUT2D eigenvalue weighted by atomic mass is 9.33. The molecule has 1 aliphatic carbocycles. The number of anilines is 1. The predicted molar refractivity (Wildman–Crippen MR) is 106 cm³/mol. The van der Waals surface area contributed by atoms with Crippen LogP contribution >= 0.6 is 0 Å². The molecule has 0 aromatic heterocycles. The summed E-state index contributed by atoms with van der Waals surface area (Å²) in [5.41, 5.74) is -2.94. The molecule has 31 heavy (non-hydrogen) atoms. The van der Waals surface area contributed by atoms with Gasteiger partial charge in [-0.2, -0.15) is 26.1 Å². The van der Waals surface area contributed by atoms with E-state index in [-0.39, 0.29) is 12.1 Å². The van der Waals surface area contributed by atoms with E-state index < -0.39 is 43.4 Å². The Balaban J connectivity index is 2.36. The Kier molecular flexibility index (Phi) is 5.65. The first-order chi connectivity index (χ1) is 14.5. The van der Waals surface area contributed by atoms with E-state index in [2.05, 4.69) is 10.5 Å². The van der Waals surface area contributed by atoms with Crippen LogP contribution in [0, 0.1) is 87.7 Å². The maximum atomic E-state index is 11.2. The largest absolute Gasteiger partial charge is 0.301 e. The molecule has 0 radical (unpaired) electrons. The molecule has 1 N–H and O–H groups in total. The molecule has 2 rings (SSSR count). The van der Waals surface area contributed by atoms with Crippen LogP contribution in [0.1, 0.15) is 27.2 Å². The van der Waals surface area contributed by atoms with Crippen LogP contribution in [-0.2, 0) is 0 Å². The van der Waals surface area contributed by atoms with Crippen molar-refractivity contribution in [2.45, 2.75) is 27.2 Å². The van der Waals surface area contributed by atoms with Crippen LogP contribution in [0.5, 0.6) is 0 Å². The van der Waals surface area contributed by atoms with Crippen molar-refractivity contribution in [2.75, 3.05) is 5.43 Å². The normalized spacial score (nSPS) is 20.0. The number of hydrogen-bond donors (Lipinski definition) is 1. The lowest BCUT2D eigenvalue weighted by molar-refractivity contribution is -0.393. The van der Waals surface area contributed by atoms with E-state index in [4.69, 9.17) is 0 Å². The topological polar surface area (TPSA) is 206 Å². The number of hydrazone groups is 1. The fourth-order valence-electron chi connectivity index (χ4n) is 4.12. The van der Waals surface area contributed by atoms with E-state index in [9.17, 15) is 41.3 Å². The van der Waals surface area contributed by atoms with Gasteiger partial charge < -0.3 is 0 Å². The third kappa shape index (κ3) is 3.08. The third-order valence-corrected chi connectivity index (χ3v) is 5.90. The van der Waals surface area contributed by atoms with E-state index in [1.165, 1.54) is 0 Å². The molecule has 0 heterocycles. The van der Waals surface area contributed by atoms with E-state index >= 15 is 0 Å². The number of nitrogens with one attached hydrogen (secondary N) is 1. The van der Waals surface area contributed by atoms with Crippen molar-refractivity contribution < 1.29 is 9.85 Å². The highest BCUT2D eigenvalue weighted by atomic mass is 16.6. The zero-order valence-corrected chi connectivity index (χ0v) is 16.8. The first-order valence-corrected chi connectivity index (χ1v) is 8.85. The minimum Gasteiger partial charge on any atom is -0.272 e. The number of nitriles is 4. The molecule has 1 unspecified atom stereocenters. The summed E-state index contributed by atoms with van der Waals surface area (Å²) in [4.78, 5) is 20.5. The van der Waals surface area contributed by atoms with E-state index in [1.54, 1.807) is 20.8 Å². The van der Waals surface area contributed by atoms with Gasteiger partial charge in [-0.3, -0.25) is 25.7 Å². The Labute approximate surface area is 176 Å². The van der Waals surface area contributed by atoms with Crippen LogP contribution in [-0.4, -0.2) is 15.6 Å². The van der Waals surface area contributed by atoms with Gasteiger partial charge in [0.15, 0.2) is 10.8 Å². The lowest BCUT2D eigenvalue weighted by Gasteiger charge is -2.61. The van der Waals surface area contributed by atoms with Crippen molar-refractivity contribution in [2.24, 2.45) is 27.3 Å². The monoisotopic (exact) mass is 420 g/mol. The first-order valence-electron chi connectivity index (χ1n) is 8.85. The van der Waals surface area contributed by atoms with Gasteiger partial charge in [-0.25, -0.2) is 0 Å². The molecule has 0 aliphatic heterocycles. The molecule has 1 fully saturated rings. The maximum Gasteiger partial charge on any atom is 0.301 e. The van der Waals surface area contributed by atoms with Gasteiger partial charge in [0, 0.05) is 23.1 Å². The van der Waals surface area contributed by atoms with Crippen molar-refractivity contribution in [3.63, 3.8) is 0 Å². The first kappa shape index (κ1) is 22.7. The van der Waals surface area contributed by atoms with Gasteiger partial charge in [0.25, 0.3) is 5.69 Å². The van der Waals surface area contributed by atoms with E-state index in [0.717, 1.165) is 18.2 Å². The number of hydrogen-bond acceptors (Lipinski definition) is 10. The summed E-state index contributed by atoms with van der Waals surface area (Å²) in [6.45, 7) is 4.80. The summed E-state index contributed by atoms with van der Waals surface area (Å²) < 4.78 is 0. The fraction of sp³-hybridized carbons (Fsp3) is 0.421. The van der Waals surface area contributed by atoms with E-state index in [1.807, 2.05) is 24.3 Å². The average molecular weight is 420 g/mol. The van der Waals surface area contributed by atoms with Crippen LogP contribution < -0.4 is 5.43 Å². The van der Waals surface area contributed by atoms with Crippen LogP contribution in [0.2, 0.25) is 0 Å². The molecule has 1 saturated carbocycles. The molecule has 12 nitrogen and oxygen atoms in total. The molecule has 1 aliphatic rings. The van der Waals surface area contributed by atoms with Gasteiger partial charge in [0.1, 0.15) is 5.69 Å². The minimum absolute atomic E-state index is 0.0625. The van der Waals surface area contributed by atoms with Gasteiger partial charge in [0.2, 0.25) is 0 Å². The Morgan fingerprint density at radius 2 is 1.68 bits per heavy atom. The Morgan fingerprint density at radius 1 is 1.10 bits per heavy atom. The van der Waals surface area contributed by atoms with Crippen molar-refractivity contribution in [3.8, 4) is 24.3 Å². The fourth-order valence-corrected chi connectivity index (χ4v) is 4.12. The van der Waals surface area contributed by atoms with Crippen molar-refractivity contribution >= 4 is 22.8 Å². The van der Waals surface area contributed by atoms with Crippen molar-refractivity contribution in [3.05, 3.63) is 38.4 Å². The van der Waals surface area contributed by atoms with Crippen LogP contribution in [0.15, 0.2) is 23.3 Å². The quantitative estimate of drug-likeness (QED) is 0.405. The third-order valence-electron chi connectivity index (χ3n) is 5.90. The van der Waals surface area contributed by atoms with Crippen LogP contribution in [0.4, 0.5) is 17.1 Å². The standard InChI is InChI=1S/C19H16N8O4/c1-12(24-25-14-5-4-13(26(28)29)7-15(14)27(30)31)6-16-17(2,3)19(10-22,11-23)18(16,8-20)9-21/h4-5,7,16,25H,6H2,1-3H3/b24-12-. The summed E-state index contributed by atoms with van der Waals surface area (Å²) in [5.74, 6) is -0.702. The summed E-state index contributed by atoms with van der Waals surface area (Å²) >= 11 is 0. The average Bonchev–Trinajstić information content (AvgIpc) is 2.74. The highest BCUT2D eigenvalue weighted by Gasteiger charge is 2.79. The molecular weight excluding hydrogens is 404 g/mol. The second-order valence-electron chi connectivity index (χ2n) is 7.66. The number of nitro groups is 2. The summed E-state index contributed by atoms with van der Waals surface area (Å²) in [6.07, 6.45) is 0.0625. The van der Waals surface area contributed by atoms with Crippen LogP contribution in [0.25, 0.3) is 0 Å². The van der Waals surface area contributed by atoms with Gasteiger partial charge in [-0.1, -0.05) is 13.8 Å². The second kappa shape index (κ2) is 7.70. The number of rotatable bonds is 6. The zero-order chi connectivity index (χ0) is 23.6. The maximum absolute atomic E-state index is 11.2. The number of nitro benzene ring substituents is 2. The summed E-state index contributed by atoms with van der Waals surface area (Å²) in [7, 11) is 0. The van der Waals surface area contributed by atoms with Crippen molar-refractivity contribution in [1.82, 2.24) is 0 Å². The molecular formula is C19H16N8O4. The highest BCUT2D eigenvalue weighted by Crippen LogP contribution is 2.71. The number of non-ortho nitro benzene ring substituents is 1. The molecule has 0 spiro atoms. The molecule has 156 valence electrons. The number of nitrogens with zero attached hydrogens (tertiary/aromatic N) is 7. The summed E-state index contributed by atoms with van der Waals surface area (Å²) in [6, 6.07) is 10.4. The molecule has 12 heteroatoms. The number of benzene rings is 1. The van der Waals surface area contributed by atoms with Crippen molar-refractivity contribution in [1.29, 1.82) is 21.0 Å². The predicted octanol–water partition coefficient (Wildman–Crippen LogP) is 3.40. The van der Waals surface area contributed by atoms with Gasteiger partial charge in [0.05, 0.1) is 40.2 Å². The molecule has 1 aromatic carbocycles. The van der Waals surface area contributed by atoms with Gasteiger partial charge in [-0.05, 0) is 19.4 Å². The Bertz CT molecular complexity index is 1130. The molecule has 0 bridgehead atoms. The second-order valence-corrected chi connectivity index (χ2v) is 7.66. The molecule has 0 saturated heterocycles. The highest BCUT2D eigenvalue weighted by molar-refractivity contribution is 5.84. The molecule has 0 amide bonds. The van der Waals surface area contributed by atoms with E-state index in [0.29, 0.717) is 5.71 Å². The molecule has 1 aromatic rings. The zero-order valence-electron chi connectivity index (χ0n) is 16.8. The minimum atomic E-state index is -1.86. The molecule has 1 atom stereocenters. The SMILES string of the molecule is C/C(CC1C(C)(C)C(C#N)(C#N)C1(C#N)C#N)=N/Nc1ccc([N+](=O)[O-])cc1[N+](=O)[O-]. The smallest absolute Gasteiger partial charge is 0.272 e. The van der Waals surface area contributed by atoms with Crippen LogP contribution in [0.3, 0.4) is 0 Å². The Morgan fingerprint density at radius 3 is 2.13 bits per heavy atom.